The normalized spacial score (nSPS) is 16.2. The molecular formula is C22H31N9O. The summed E-state index contributed by atoms with van der Waals surface area (Å²) in [5.74, 6) is 2.13. The van der Waals surface area contributed by atoms with Gasteiger partial charge in [0.15, 0.2) is 0 Å². The van der Waals surface area contributed by atoms with Gasteiger partial charge in [-0.15, -0.1) is 10.2 Å². The van der Waals surface area contributed by atoms with Crippen molar-refractivity contribution in [3.05, 3.63) is 30.2 Å². The van der Waals surface area contributed by atoms with Crippen LogP contribution in [0.1, 0.15) is 32.8 Å². The first kappa shape index (κ1) is 21.9. The highest BCUT2D eigenvalue weighted by atomic mass is 16.4. The van der Waals surface area contributed by atoms with Crippen LogP contribution < -0.4 is 20.9 Å². The molecule has 1 aliphatic heterocycles. The Bertz CT molecular complexity index is 1040. The lowest BCUT2D eigenvalue weighted by atomic mass is 9.96. The fourth-order valence-electron chi connectivity index (χ4n) is 3.71. The lowest BCUT2D eigenvalue weighted by Gasteiger charge is -2.27. The van der Waals surface area contributed by atoms with Crippen molar-refractivity contribution in [3.8, 4) is 11.5 Å². The molecule has 10 nitrogen and oxygen atoms in total. The summed E-state index contributed by atoms with van der Waals surface area (Å²) in [7, 11) is 2.01. The molecular weight excluding hydrogens is 406 g/mol. The molecule has 0 bridgehead atoms. The van der Waals surface area contributed by atoms with E-state index in [2.05, 4.69) is 56.8 Å². The summed E-state index contributed by atoms with van der Waals surface area (Å²) in [5, 5.41) is 17.9. The fourth-order valence-corrected chi connectivity index (χ4v) is 3.71. The molecule has 2 aromatic heterocycles. The third-order valence-electron chi connectivity index (χ3n) is 5.16. The highest BCUT2D eigenvalue weighted by molar-refractivity contribution is 5.68. The molecule has 3 aromatic rings. The lowest BCUT2D eigenvalue weighted by molar-refractivity contribution is 0.416. The quantitative estimate of drug-likeness (QED) is 0.508. The van der Waals surface area contributed by atoms with Crippen LogP contribution in [0.5, 0.6) is 0 Å². The van der Waals surface area contributed by atoms with Crippen LogP contribution in [0.4, 0.5) is 23.5 Å². The Hall–Kier alpha value is -3.27. The first-order valence-corrected chi connectivity index (χ1v) is 10.9. The number of aryl methyl sites for hydroxylation is 1. The summed E-state index contributed by atoms with van der Waals surface area (Å²) in [6.45, 7) is 11.3. The molecule has 1 aliphatic rings. The zero-order valence-corrected chi connectivity index (χ0v) is 19.3. The lowest BCUT2D eigenvalue weighted by Crippen LogP contribution is -2.31. The topological polar surface area (TPSA) is 117 Å². The van der Waals surface area contributed by atoms with Gasteiger partial charge in [-0.2, -0.15) is 15.0 Å². The molecule has 0 radical (unpaired) electrons. The van der Waals surface area contributed by atoms with Gasteiger partial charge < -0.3 is 25.3 Å². The highest BCUT2D eigenvalue weighted by Crippen LogP contribution is 2.27. The maximum atomic E-state index is 5.34. The van der Waals surface area contributed by atoms with E-state index in [1.165, 1.54) is 6.39 Å². The van der Waals surface area contributed by atoms with Gasteiger partial charge in [-0.1, -0.05) is 26.8 Å². The third kappa shape index (κ3) is 5.50. The second kappa shape index (κ2) is 9.07. The summed E-state index contributed by atoms with van der Waals surface area (Å²) in [6, 6.07) is 6.20. The van der Waals surface area contributed by atoms with E-state index in [4.69, 9.17) is 14.4 Å². The van der Waals surface area contributed by atoms with Gasteiger partial charge in [0.05, 0.1) is 0 Å². The van der Waals surface area contributed by atoms with Crippen LogP contribution in [0.2, 0.25) is 0 Å². The number of hydrogen-bond acceptors (Lipinski definition) is 10. The van der Waals surface area contributed by atoms with Crippen molar-refractivity contribution in [2.75, 3.05) is 42.2 Å². The van der Waals surface area contributed by atoms with E-state index >= 15 is 0 Å². The second-order valence-electron chi connectivity index (χ2n) is 9.43. The number of nitrogens with zero attached hydrogens (tertiary/aromatic N) is 6. The van der Waals surface area contributed by atoms with E-state index < -0.39 is 0 Å². The Balaban J connectivity index is 1.64. The molecule has 0 aliphatic carbocycles. The second-order valence-corrected chi connectivity index (χ2v) is 9.43. The minimum Gasteiger partial charge on any atom is -0.423 e. The van der Waals surface area contributed by atoms with Gasteiger partial charge in [0, 0.05) is 37.4 Å². The molecule has 1 fully saturated rings. The first-order chi connectivity index (χ1) is 15.3. The minimum atomic E-state index is 0.104. The van der Waals surface area contributed by atoms with Crippen LogP contribution in [0.3, 0.4) is 0 Å². The highest BCUT2D eigenvalue weighted by Gasteiger charge is 2.20. The Morgan fingerprint density at radius 1 is 1.19 bits per heavy atom. The summed E-state index contributed by atoms with van der Waals surface area (Å²) >= 11 is 0. The molecule has 0 amide bonds. The van der Waals surface area contributed by atoms with Crippen LogP contribution in [0.15, 0.2) is 29.0 Å². The van der Waals surface area contributed by atoms with Crippen molar-refractivity contribution < 1.29 is 4.42 Å². The van der Waals surface area contributed by atoms with Crippen molar-refractivity contribution in [1.29, 1.82) is 0 Å². The Kier molecular flexibility index (Phi) is 6.22. The number of rotatable bonds is 7. The van der Waals surface area contributed by atoms with E-state index in [0.29, 0.717) is 29.8 Å². The van der Waals surface area contributed by atoms with Gasteiger partial charge in [0.25, 0.3) is 0 Å². The molecule has 3 N–H and O–H groups in total. The molecule has 10 heteroatoms. The molecule has 1 atom stereocenters. The first-order valence-electron chi connectivity index (χ1n) is 10.9. The van der Waals surface area contributed by atoms with Crippen LogP contribution >= 0.6 is 0 Å². The molecule has 32 heavy (non-hydrogen) atoms. The number of hydrogen-bond donors (Lipinski definition) is 3. The van der Waals surface area contributed by atoms with Gasteiger partial charge in [0.1, 0.15) is 0 Å². The zero-order valence-electron chi connectivity index (χ0n) is 19.3. The molecule has 3 heterocycles. The third-order valence-corrected chi connectivity index (χ3v) is 5.16. The average molecular weight is 438 g/mol. The van der Waals surface area contributed by atoms with E-state index in [-0.39, 0.29) is 5.41 Å². The van der Waals surface area contributed by atoms with E-state index in [1.54, 1.807) is 0 Å². The molecule has 0 saturated carbocycles. The predicted octanol–water partition coefficient (Wildman–Crippen LogP) is 3.23. The van der Waals surface area contributed by atoms with Crippen molar-refractivity contribution in [3.63, 3.8) is 0 Å². The van der Waals surface area contributed by atoms with E-state index in [0.717, 1.165) is 42.9 Å². The van der Waals surface area contributed by atoms with Gasteiger partial charge >= 0.3 is 0 Å². The Morgan fingerprint density at radius 2 is 2.00 bits per heavy atom. The molecule has 1 saturated heterocycles. The van der Waals surface area contributed by atoms with Gasteiger partial charge in [-0.05, 0) is 43.0 Å². The van der Waals surface area contributed by atoms with Crippen molar-refractivity contribution in [2.45, 2.75) is 40.2 Å². The Labute approximate surface area is 188 Å². The molecule has 4 rings (SSSR count). The Morgan fingerprint density at radius 3 is 2.69 bits per heavy atom. The molecule has 0 spiro atoms. The van der Waals surface area contributed by atoms with Gasteiger partial charge in [-0.3, -0.25) is 0 Å². The van der Waals surface area contributed by atoms with Crippen LogP contribution in [0.25, 0.3) is 11.5 Å². The summed E-state index contributed by atoms with van der Waals surface area (Å²) in [5.41, 5.74) is 2.84. The number of benzene rings is 1. The van der Waals surface area contributed by atoms with Gasteiger partial charge in [0.2, 0.25) is 30.1 Å². The molecule has 0 unspecified atom stereocenters. The molecule has 1 aromatic carbocycles. The zero-order chi connectivity index (χ0) is 22.7. The monoisotopic (exact) mass is 437 g/mol. The smallest absolute Gasteiger partial charge is 0.247 e. The SMILES string of the molecule is Cc1ccc(-c2nnco2)cc1Nc1nc(N[C@@H]2CCNC2)nc(N(C)CC(C)(C)C)n1. The number of anilines is 4. The fraction of sp³-hybridized carbons (Fsp3) is 0.500. The van der Waals surface area contributed by atoms with Crippen LogP contribution in [0, 0.1) is 12.3 Å². The predicted molar refractivity (Wildman–Crippen MR) is 125 cm³/mol. The van der Waals surface area contributed by atoms with Crippen molar-refractivity contribution in [2.24, 2.45) is 5.41 Å². The maximum absolute atomic E-state index is 5.34. The van der Waals surface area contributed by atoms with E-state index in [1.807, 2.05) is 32.2 Å². The largest absolute Gasteiger partial charge is 0.423 e. The summed E-state index contributed by atoms with van der Waals surface area (Å²) < 4.78 is 5.34. The van der Waals surface area contributed by atoms with Crippen LogP contribution in [-0.4, -0.2) is 57.9 Å². The number of aromatic nitrogens is 5. The van der Waals surface area contributed by atoms with Crippen LogP contribution in [-0.2, 0) is 0 Å². The summed E-state index contributed by atoms with van der Waals surface area (Å²) in [4.78, 5) is 16.1. The molecule has 170 valence electrons. The van der Waals surface area contributed by atoms with Crippen molar-refractivity contribution >= 4 is 23.5 Å². The van der Waals surface area contributed by atoms with Crippen molar-refractivity contribution in [1.82, 2.24) is 30.5 Å². The van der Waals surface area contributed by atoms with E-state index in [9.17, 15) is 0 Å². The maximum Gasteiger partial charge on any atom is 0.247 e. The number of nitrogens with one attached hydrogen (secondary N) is 3. The summed E-state index contributed by atoms with van der Waals surface area (Å²) in [6.07, 6.45) is 2.36. The minimum absolute atomic E-state index is 0.104. The standard InChI is InChI=1S/C22H31N9O/c1-14-6-7-15(18-30-24-13-32-18)10-17(14)26-20-27-19(25-16-8-9-23-11-16)28-21(29-20)31(5)12-22(2,3)4/h6-7,10,13,16,23H,8-9,11-12H2,1-5H3,(H2,25,26,27,28,29)/t16-/m1/s1. The van der Waals surface area contributed by atoms with Gasteiger partial charge in [-0.25, -0.2) is 0 Å². The average Bonchev–Trinajstić information content (AvgIpc) is 3.42.